The molecule has 1 aliphatic rings. The maximum atomic E-state index is 13.5. The lowest BCUT2D eigenvalue weighted by atomic mass is 10.0. The molecule has 1 aromatic carbocycles. The summed E-state index contributed by atoms with van der Waals surface area (Å²) in [4.78, 5) is 24.9. The molecule has 0 aliphatic carbocycles. The first-order chi connectivity index (χ1) is 15.1. The van der Waals surface area contributed by atoms with Crippen molar-refractivity contribution in [1.29, 1.82) is 0 Å². The van der Waals surface area contributed by atoms with Crippen molar-refractivity contribution in [3.05, 3.63) is 75.5 Å². The minimum atomic E-state index is -0.232. The van der Waals surface area contributed by atoms with Gasteiger partial charge < -0.3 is 10.0 Å². The molecule has 0 spiro atoms. The number of nitrogens with zero attached hydrogens (tertiary/aromatic N) is 6. The van der Waals surface area contributed by atoms with Gasteiger partial charge in [-0.3, -0.25) is 9.36 Å². The van der Waals surface area contributed by atoms with E-state index in [1.165, 1.54) is 22.2 Å². The Labute approximate surface area is 184 Å². The van der Waals surface area contributed by atoms with Crippen LogP contribution < -0.4 is 10.5 Å². The number of hydrogen-bond acceptors (Lipinski definition) is 7. The van der Waals surface area contributed by atoms with Gasteiger partial charge in [0.1, 0.15) is 28.2 Å². The molecule has 1 atom stereocenters. The van der Waals surface area contributed by atoms with E-state index in [0.717, 1.165) is 13.0 Å². The normalized spacial score (nSPS) is 16.2. The summed E-state index contributed by atoms with van der Waals surface area (Å²) in [5.41, 5.74) is 0.817. The van der Waals surface area contributed by atoms with Gasteiger partial charge in [-0.15, -0.1) is 11.3 Å². The van der Waals surface area contributed by atoms with Crippen LogP contribution in [0.25, 0.3) is 21.4 Å². The number of anilines is 1. The number of para-hydroxylation sites is 1. The highest BCUT2D eigenvalue weighted by atomic mass is 35.5. The second-order valence-corrected chi connectivity index (χ2v) is 8.55. The fourth-order valence-corrected chi connectivity index (χ4v) is 5.05. The number of rotatable bonds is 3. The minimum Gasteiger partial charge on any atom is -0.506 e. The average molecular weight is 451 g/mol. The average Bonchev–Trinajstić information content (AvgIpc) is 3.32. The zero-order valence-electron chi connectivity index (χ0n) is 16.0. The van der Waals surface area contributed by atoms with Crippen LogP contribution in [-0.2, 0) is 0 Å². The lowest BCUT2D eigenvalue weighted by Gasteiger charge is -2.42. The van der Waals surface area contributed by atoms with Gasteiger partial charge in [-0.2, -0.15) is 5.10 Å². The van der Waals surface area contributed by atoms with E-state index in [9.17, 15) is 9.90 Å². The molecule has 8 nitrogen and oxygen atoms in total. The summed E-state index contributed by atoms with van der Waals surface area (Å²) < 4.78 is 3.15. The predicted octanol–water partition coefficient (Wildman–Crippen LogP) is 3.80. The second-order valence-electron chi connectivity index (χ2n) is 7.29. The zero-order chi connectivity index (χ0) is 21.1. The molecule has 0 amide bonds. The van der Waals surface area contributed by atoms with Gasteiger partial charge in [-0.25, -0.2) is 14.5 Å². The fraction of sp³-hybridized carbons (Fsp3) is 0.143. The van der Waals surface area contributed by atoms with Crippen molar-refractivity contribution in [3.63, 3.8) is 0 Å². The Hall–Kier alpha value is -3.43. The third kappa shape index (κ3) is 2.67. The molecule has 0 radical (unpaired) electrons. The van der Waals surface area contributed by atoms with Crippen LogP contribution in [0.15, 0.2) is 59.1 Å². The summed E-state index contributed by atoms with van der Waals surface area (Å²) >= 11 is 7.65. The van der Waals surface area contributed by atoms with Crippen molar-refractivity contribution < 1.29 is 5.11 Å². The van der Waals surface area contributed by atoms with Gasteiger partial charge in [-0.05, 0) is 24.6 Å². The number of halogens is 1. The second kappa shape index (κ2) is 6.79. The topological polar surface area (TPSA) is 88.6 Å². The highest BCUT2D eigenvalue weighted by Gasteiger charge is 2.37. The van der Waals surface area contributed by atoms with Gasteiger partial charge in [0.2, 0.25) is 0 Å². The van der Waals surface area contributed by atoms with Crippen LogP contribution >= 0.6 is 22.9 Å². The molecule has 1 fully saturated rings. The Morgan fingerprint density at radius 3 is 2.77 bits per heavy atom. The molecule has 1 aliphatic heterocycles. The summed E-state index contributed by atoms with van der Waals surface area (Å²) in [6, 6.07) is 10.9. The van der Waals surface area contributed by atoms with E-state index in [0.29, 0.717) is 38.1 Å². The zero-order valence-corrected chi connectivity index (χ0v) is 17.6. The van der Waals surface area contributed by atoms with E-state index in [1.54, 1.807) is 22.2 Å². The Bertz CT molecular complexity index is 1510. The van der Waals surface area contributed by atoms with Gasteiger partial charge in [-0.1, -0.05) is 29.8 Å². The molecule has 4 aromatic heterocycles. The standard InChI is InChI=1S/C21H15ClN6O2S/c22-13-6-9-27-17(13)21(30)28(12-4-2-1-3-5-12)18(25-27)14-7-8-26(14)19-16-15(29)10-31-20(16)24-11-23-19/h1-6,9-11,14,29H,7-8H2/t14-/m0/s1. The van der Waals surface area contributed by atoms with Gasteiger partial charge in [0.05, 0.1) is 22.1 Å². The first-order valence-corrected chi connectivity index (χ1v) is 10.9. The van der Waals surface area contributed by atoms with Crippen LogP contribution in [0.3, 0.4) is 0 Å². The van der Waals surface area contributed by atoms with E-state index in [2.05, 4.69) is 14.9 Å². The number of aromatic hydroxyl groups is 1. The van der Waals surface area contributed by atoms with Gasteiger partial charge in [0.15, 0.2) is 5.82 Å². The lowest BCUT2D eigenvalue weighted by molar-refractivity contribution is 0.423. The largest absolute Gasteiger partial charge is 0.506 e. The molecule has 0 bridgehead atoms. The van der Waals surface area contributed by atoms with Crippen molar-refractivity contribution in [3.8, 4) is 11.4 Å². The highest BCUT2D eigenvalue weighted by Crippen LogP contribution is 2.43. The summed E-state index contributed by atoms with van der Waals surface area (Å²) in [5.74, 6) is 1.38. The summed E-state index contributed by atoms with van der Waals surface area (Å²) in [7, 11) is 0. The van der Waals surface area contributed by atoms with Gasteiger partial charge in [0.25, 0.3) is 5.56 Å². The number of thiophene rings is 1. The molecule has 1 N–H and O–H groups in total. The minimum absolute atomic E-state index is 0.155. The summed E-state index contributed by atoms with van der Waals surface area (Å²) in [6.45, 7) is 0.723. The van der Waals surface area contributed by atoms with Crippen LogP contribution in [0.5, 0.6) is 5.75 Å². The van der Waals surface area contributed by atoms with E-state index < -0.39 is 0 Å². The Kier molecular flexibility index (Phi) is 4.02. The molecule has 1 saturated heterocycles. The van der Waals surface area contributed by atoms with Crippen LogP contribution in [0, 0.1) is 0 Å². The van der Waals surface area contributed by atoms with Crippen molar-refractivity contribution in [2.75, 3.05) is 11.4 Å². The molecule has 5 heterocycles. The maximum Gasteiger partial charge on any atom is 0.284 e. The van der Waals surface area contributed by atoms with E-state index in [-0.39, 0.29) is 17.4 Å². The van der Waals surface area contributed by atoms with Gasteiger partial charge >= 0.3 is 0 Å². The highest BCUT2D eigenvalue weighted by molar-refractivity contribution is 7.17. The molecule has 0 saturated carbocycles. The molecule has 6 rings (SSSR count). The van der Waals surface area contributed by atoms with E-state index in [4.69, 9.17) is 16.7 Å². The van der Waals surface area contributed by atoms with Crippen molar-refractivity contribution in [2.45, 2.75) is 12.5 Å². The van der Waals surface area contributed by atoms with E-state index in [1.807, 2.05) is 30.3 Å². The molecule has 5 aromatic rings. The molecule has 10 heteroatoms. The number of aromatic nitrogens is 5. The first-order valence-electron chi connectivity index (χ1n) is 9.66. The van der Waals surface area contributed by atoms with Crippen molar-refractivity contribution in [1.82, 2.24) is 24.1 Å². The third-order valence-electron chi connectivity index (χ3n) is 5.60. The molecule has 31 heavy (non-hydrogen) atoms. The Morgan fingerprint density at radius 1 is 1.16 bits per heavy atom. The maximum absolute atomic E-state index is 13.5. The number of benzene rings is 1. The van der Waals surface area contributed by atoms with Crippen LogP contribution in [0.1, 0.15) is 18.3 Å². The monoisotopic (exact) mass is 450 g/mol. The van der Waals surface area contributed by atoms with Gasteiger partial charge in [0, 0.05) is 18.1 Å². The summed E-state index contributed by atoms with van der Waals surface area (Å²) in [5, 5.41) is 17.8. The van der Waals surface area contributed by atoms with Crippen LogP contribution in [0.4, 0.5) is 5.82 Å². The number of hydrogen-bond donors (Lipinski definition) is 1. The molecular weight excluding hydrogens is 436 g/mol. The van der Waals surface area contributed by atoms with Crippen LogP contribution in [0.2, 0.25) is 5.02 Å². The molecule has 0 unspecified atom stereocenters. The Morgan fingerprint density at radius 2 is 2.00 bits per heavy atom. The molecular formula is C21H15ClN6O2S. The van der Waals surface area contributed by atoms with Crippen LogP contribution in [-0.4, -0.2) is 35.8 Å². The van der Waals surface area contributed by atoms with E-state index >= 15 is 0 Å². The predicted molar refractivity (Wildman–Crippen MR) is 120 cm³/mol. The third-order valence-corrected chi connectivity index (χ3v) is 6.78. The SMILES string of the molecule is O=c1c2c(Cl)ccn2nc([C@@H]2CCN2c2ncnc3scc(O)c23)n1-c1ccccc1. The van der Waals surface area contributed by atoms with Crippen molar-refractivity contribution in [2.24, 2.45) is 0 Å². The quantitative estimate of drug-likeness (QED) is 0.449. The summed E-state index contributed by atoms with van der Waals surface area (Å²) in [6.07, 6.45) is 3.97. The number of fused-ring (bicyclic) bond motifs is 2. The smallest absolute Gasteiger partial charge is 0.284 e. The Balaban J connectivity index is 1.58. The lowest BCUT2D eigenvalue weighted by Crippen LogP contribution is -2.45. The fourth-order valence-electron chi connectivity index (χ4n) is 4.06. The van der Waals surface area contributed by atoms with Crippen molar-refractivity contribution >= 4 is 44.5 Å². The molecule has 154 valence electrons. The first kappa shape index (κ1) is 18.3.